The normalized spacial score (nSPS) is 22.7. The van der Waals surface area contributed by atoms with Crippen LogP contribution in [0, 0.1) is 15.7 Å². The van der Waals surface area contributed by atoms with Crippen molar-refractivity contribution >= 4 is 23.2 Å². The third kappa shape index (κ3) is 4.03. The zero-order chi connectivity index (χ0) is 21.8. The summed E-state index contributed by atoms with van der Waals surface area (Å²) in [6, 6.07) is 14.1. The van der Waals surface area contributed by atoms with E-state index in [0.717, 1.165) is 37.1 Å². The number of nitroso groups, excluding NO2 is 2. The summed E-state index contributed by atoms with van der Waals surface area (Å²) in [5.74, 6) is -0.446. The fourth-order valence-corrected chi connectivity index (χ4v) is 5.00. The van der Waals surface area contributed by atoms with Crippen LogP contribution in [0.15, 0.2) is 58.9 Å². The first-order chi connectivity index (χ1) is 15.1. The third-order valence-electron chi connectivity index (χ3n) is 6.66. The highest BCUT2D eigenvalue weighted by atomic mass is 16.3. The molecule has 1 atom stereocenters. The number of benzene rings is 2. The molecule has 2 aliphatic heterocycles. The molecule has 0 saturated carbocycles. The highest BCUT2D eigenvalue weighted by molar-refractivity contribution is 6.03. The molecular weight excluding hydrogens is 396 g/mol. The Hall–Kier alpha value is -3.26. The van der Waals surface area contributed by atoms with Crippen LogP contribution >= 0.6 is 0 Å². The smallest absolute Gasteiger partial charge is 0.237 e. The lowest BCUT2D eigenvalue weighted by atomic mass is 9.62. The molecule has 2 amide bonds. The second kappa shape index (κ2) is 8.85. The standard InChI is InChI=1S/C23H24N4O4/c28-21-9-12-23(22(29)24-21,17-5-7-19(25-30)8-6-17)18-10-13-27(14-11-18)15-16-3-1-2-4-20(16)26-31/h1-8,18H,9-15H2,(H,24,28,29). The van der Waals surface area contributed by atoms with Crippen LogP contribution in [0.2, 0.25) is 0 Å². The SMILES string of the molecule is O=Nc1ccc(C2(C3CCN(Cc4ccccc4N=O)CC3)CCC(=O)NC2=O)cc1. The number of piperidine rings is 2. The molecule has 2 heterocycles. The quantitative estimate of drug-likeness (QED) is 0.560. The highest BCUT2D eigenvalue weighted by Gasteiger charge is 2.50. The van der Waals surface area contributed by atoms with Crippen molar-refractivity contribution in [2.24, 2.45) is 16.3 Å². The Morgan fingerprint density at radius 2 is 1.68 bits per heavy atom. The molecule has 2 aliphatic rings. The van der Waals surface area contributed by atoms with Gasteiger partial charge >= 0.3 is 0 Å². The van der Waals surface area contributed by atoms with Gasteiger partial charge in [-0.1, -0.05) is 30.3 Å². The Kier molecular flexibility index (Phi) is 5.99. The molecule has 2 aromatic carbocycles. The number of carbonyl (C=O) groups excluding carboxylic acids is 2. The van der Waals surface area contributed by atoms with Crippen molar-refractivity contribution < 1.29 is 9.59 Å². The summed E-state index contributed by atoms with van der Waals surface area (Å²) in [5.41, 5.74) is 1.67. The Morgan fingerprint density at radius 3 is 2.32 bits per heavy atom. The summed E-state index contributed by atoms with van der Waals surface area (Å²) in [5, 5.41) is 8.60. The second-order valence-electron chi connectivity index (χ2n) is 8.26. The van der Waals surface area contributed by atoms with Gasteiger partial charge in [0.05, 0.1) is 5.41 Å². The Morgan fingerprint density at radius 1 is 0.968 bits per heavy atom. The molecule has 2 saturated heterocycles. The Labute approximate surface area is 180 Å². The average Bonchev–Trinajstić information content (AvgIpc) is 2.81. The van der Waals surface area contributed by atoms with Gasteiger partial charge in [0.25, 0.3) is 0 Å². The van der Waals surface area contributed by atoms with Crippen LogP contribution in [0.3, 0.4) is 0 Å². The van der Waals surface area contributed by atoms with Gasteiger partial charge in [-0.3, -0.25) is 19.8 Å². The lowest BCUT2D eigenvalue weighted by Gasteiger charge is -2.45. The van der Waals surface area contributed by atoms with E-state index in [9.17, 15) is 19.4 Å². The number of nitrogens with zero attached hydrogens (tertiary/aromatic N) is 3. The number of carbonyl (C=O) groups is 2. The molecule has 8 nitrogen and oxygen atoms in total. The van der Waals surface area contributed by atoms with Crippen molar-refractivity contribution in [3.63, 3.8) is 0 Å². The molecule has 0 radical (unpaired) electrons. The number of rotatable bonds is 6. The van der Waals surface area contributed by atoms with Gasteiger partial charge in [0, 0.05) is 13.0 Å². The Bertz CT molecular complexity index is 999. The second-order valence-corrected chi connectivity index (χ2v) is 8.26. The van der Waals surface area contributed by atoms with E-state index in [4.69, 9.17) is 0 Å². The first-order valence-electron chi connectivity index (χ1n) is 10.5. The third-order valence-corrected chi connectivity index (χ3v) is 6.66. The molecule has 0 spiro atoms. The number of nitrogens with one attached hydrogen (secondary N) is 1. The van der Waals surface area contributed by atoms with Crippen LogP contribution in [0.4, 0.5) is 11.4 Å². The fourth-order valence-electron chi connectivity index (χ4n) is 5.00. The predicted molar refractivity (Wildman–Crippen MR) is 116 cm³/mol. The van der Waals surface area contributed by atoms with Crippen LogP contribution in [-0.4, -0.2) is 29.8 Å². The molecule has 160 valence electrons. The number of hydrogen-bond acceptors (Lipinski definition) is 7. The first-order valence-corrected chi connectivity index (χ1v) is 10.5. The van der Waals surface area contributed by atoms with Crippen LogP contribution in [0.1, 0.15) is 36.8 Å². The molecule has 1 unspecified atom stereocenters. The molecule has 0 bridgehead atoms. The number of amides is 2. The minimum atomic E-state index is -0.802. The summed E-state index contributed by atoms with van der Waals surface area (Å²) in [6.45, 7) is 2.18. The van der Waals surface area contributed by atoms with Gasteiger partial charge in [0.15, 0.2) is 0 Å². The van der Waals surface area contributed by atoms with E-state index in [1.54, 1.807) is 36.4 Å². The Balaban J connectivity index is 1.55. The minimum absolute atomic E-state index is 0.0614. The van der Waals surface area contributed by atoms with Gasteiger partial charge in [-0.2, -0.15) is 0 Å². The molecule has 4 rings (SSSR count). The summed E-state index contributed by atoms with van der Waals surface area (Å²) in [4.78, 5) is 49.2. The zero-order valence-electron chi connectivity index (χ0n) is 17.1. The van der Waals surface area contributed by atoms with Crippen molar-refractivity contribution in [1.82, 2.24) is 10.2 Å². The fraction of sp³-hybridized carbons (Fsp3) is 0.391. The van der Waals surface area contributed by atoms with Gasteiger partial charge in [0.2, 0.25) is 11.8 Å². The molecule has 0 aromatic heterocycles. The average molecular weight is 420 g/mol. The van der Waals surface area contributed by atoms with Crippen molar-refractivity contribution in [3.05, 3.63) is 69.5 Å². The first kappa shape index (κ1) is 21.0. The van der Waals surface area contributed by atoms with E-state index in [1.807, 2.05) is 12.1 Å². The molecule has 2 aromatic rings. The molecule has 31 heavy (non-hydrogen) atoms. The summed E-state index contributed by atoms with van der Waals surface area (Å²) >= 11 is 0. The van der Waals surface area contributed by atoms with E-state index in [0.29, 0.717) is 24.3 Å². The summed E-state index contributed by atoms with van der Waals surface area (Å²) < 4.78 is 0. The van der Waals surface area contributed by atoms with Crippen LogP contribution in [-0.2, 0) is 21.5 Å². The monoisotopic (exact) mass is 420 g/mol. The summed E-state index contributed by atoms with van der Waals surface area (Å²) in [7, 11) is 0. The van der Waals surface area contributed by atoms with E-state index >= 15 is 0 Å². The van der Waals surface area contributed by atoms with Crippen molar-refractivity contribution in [3.8, 4) is 0 Å². The lowest BCUT2D eigenvalue weighted by molar-refractivity contribution is -0.140. The van der Waals surface area contributed by atoms with Gasteiger partial charge in [0.1, 0.15) is 11.4 Å². The van der Waals surface area contributed by atoms with E-state index in [1.165, 1.54) is 0 Å². The van der Waals surface area contributed by atoms with Gasteiger partial charge < -0.3 is 0 Å². The predicted octanol–water partition coefficient (Wildman–Crippen LogP) is 4.07. The lowest BCUT2D eigenvalue weighted by Crippen LogP contribution is -2.57. The maximum atomic E-state index is 13.2. The van der Waals surface area contributed by atoms with Gasteiger partial charge in [-0.05, 0) is 77.9 Å². The van der Waals surface area contributed by atoms with Crippen LogP contribution in [0.5, 0.6) is 0 Å². The maximum Gasteiger partial charge on any atom is 0.237 e. The summed E-state index contributed by atoms with van der Waals surface area (Å²) in [6.07, 6.45) is 2.31. The minimum Gasteiger partial charge on any atom is -0.299 e. The van der Waals surface area contributed by atoms with Gasteiger partial charge in [-0.15, -0.1) is 9.81 Å². The molecular formula is C23H24N4O4. The van der Waals surface area contributed by atoms with E-state index in [-0.39, 0.29) is 24.2 Å². The van der Waals surface area contributed by atoms with Crippen molar-refractivity contribution in [1.29, 1.82) is 0 Å². The highest BCUT2D eigenvalue weighted by Crippen LogP contribution is 2.44. The van der Waals surface area contributed by atoms with Crippen LogP contribution in [0.25, 0.3) is 0 Å². The van der Waals surface area contributed by atoms with Gasteiger partial charge in [-0.25, -0.2) is 0 Å². The maximum absolute atomic E-state index is 13.2. The van der Waals surface area contributed by atoms with Crippen molar-refractivity contribution in [2.75, 3.05) is 13.1 Å². The van der Waals surface area contributed by atoms with E-state index in [2.05, 4.69) is 20.6 Å². The number of hydrogen-bond donors (Lipinski definition) is 1. The molecule has 8 heteroatoms. The molecule has 2 fully saturated rings. The topological polar surface area (TPSA) is 108 Å². The largest absolute Gasteiger partial charge is 0.299 e. The molecule has 0 aliphatic carbocycles. The van der Waals surface area contributed by atoms with Crippen LogP contribution < -0.4 is 5.32 Å². The zero-order valence-corrected chi connectivity index (χ0v) is 17.1. The van der Waals surface area contributed by atoms with Crippen molar-refractivity contribution in [2.45, 2.75) is 37.6 Å². The number of likely N-dealkylation sites (tertiary alicyclic amines) is 1. The molecule has 1 N–H and O–H groups in total. The van der Waals surface area contributed by atoms with E-state index < -0.39 is 5.41 Å². The number of imide groups is 1.